The number of carbonyl (C=O) groups excluding carboxylic acids is 1. The molecule has 1 heterocycles. The molecule has 0 N–H and O–H groups in total. The van der Waals surface area contributed by atoms with Crippen molar-refractivity contribution in [2.75, 3.05) is 13.7 Å². The molecule has 0 spiro atoms. The van der Waals surface area contributed by atoms with Crippen molar-refractivity contribution in [1.82, 2.24) is 4.90 Å². The second-order valence-corrected chi connectivity index (χ2v) is 6.60. The molecule has 0 saturated carbocycles. The minimum Gasteiger partial charge on any atom is -0.493 e. The molecule has 0 atom stereocenters. The van der Waals surface area contributed by atoms with Gasteiger partial charge in [-0.15, -0.1) is 0 Å². The lowest BCUT2D eigenvalue weighted by Gasteiger charge is -2.20. The summed E-state index contributed by atoms with van der Waals surface area (Å²) in [4.78, 5) is 14.7. The molecule has 0 bridgehead atoms. The first kappa shape index (κ1) is 21.0. The molecule has 3 rings (SSSR count). The number of furan rings is 1. The number of ether oxygens (including phenoxy) is 2. The number of rotatable bonds is 10. The summed E-state index contributed by atoms with van der Waals surface area (Å²) in [6.45, 7) is 4.92. The Morgan fingerprint density at radius 1 is 1.07 bits per heavy atom. The Morgan fingerprint density at radius 2 is 1.90 bits per heavy atom. The molecule has 5 nitrogen and oxygen atoms in total. The molecule has 1 amide bonds. The maximum atomic E-state index is 12.9. The molecule has 0 aliphatic rings. The standard InChI is InChI=1S/C25H25NO4/c1-3-15-30-23-13-11-20(17-24(23)28-2)12-14-25(27)26(19-22-10-7-16-29-22)18-21-8-5-4-6-9-21/h3-14,16-17H,1,15,18-19H2,2H3/b14-12+. The number of hydrogen-bond donors (Lipinski definition) is 0. The summed E-state index contributed by atoms with van der Waals surface area (Å²) in [5.41, 5.74) is 1.89. The van der Waals surface area contributed by atoms with Crippen molar-refractivity contribution in [3.05, 3.63) is 103 Å². The Morgan fingerprint density at radius 3 is 2.60 bits per heavy atom. The molecule has 0 unspecified atom stereocenters. The molecular weight excluding hydrogens is 378 g/mol. The minimum absolute atomic E-state index is 0.110. The van der Waals surface area contributed by atoms with Crippen molar-refractivity contribution in [2.24, 2.45) is 0 Å². The minimum atomic E-state index is -0.110. The van der Waals surface area contributed by atoms with Crippen LogP contribution in [-0.2, 0) is 17.9 Å². The smallest absolute Gasteiger partial charge is 0.247 e. The largest absolute Gasteiger partial charge is 0.493 e. The fraction of sp³-hybridized carbons (Fsp3) is 0.160. The topological polar surface area (TPSA) is 51.9 Å². The van der Waals surface area contributed by atoms with Gasteiger partial charge in [0.25, 0.3) is 0 Å². The Labute approximate surface area is 176 Å². The van der Waals surface area contributed by atoms with Crippen molar-refractivity contribution in [2.45, 2.75) is 13.1 Å². The number of nitrogens with zero attached hydrogens (tertiary/aromatic N) is 1. The van der Waals surface area contributed by atoms with Gasteiger partial charge < -0.3 is 18.8 Å². The van der Waals surface area contributed by atoms with E-state index in [9.17, 15) is 4.79 Å². The summed E-state index contributed by atoms with van der Waals surface area (Å²) in [6, 6.07) is 19.1. The van der Waals surface area contributed by atoms with E-state index in [2.05, 4.69) is 6.58 Å². The highest BCUT2D eigenvalue weighted by molar-refractivity contribution is 5.91. The van der Waals surface area contributed by atoms with Crippen LogP contribution >= 0.6 is 0 Å². The second-order valence-electron chi connectivity index (χ2n) is 6.60. The summed E-state index contributed by atoms with van der Waals surface area (Å²) in [5, 5.41) is 0. The first-order valence-corrected chi connectivity index (χ1v) is 9.64. The monoisotopic (exact) mass is 403 g/mol. The lowest BCUT2D eigenvalue weighted by Crippen LogP contribution is -2.28. The third-order valence-corrected chi connectivity index (χ3v) is 4.42. The highest BCUT2D eigenvalue weighted by Crippen LogP contribution is 2.28. The van der Waals surface area contributed by atoms with Crippen molar-refractivity contribution in [3.63, 3.8) is 0 Å². The Bertz CT molecular complexity index is 978. The van der Waals surface area contributed by atoms with Crippen LogP contribution in [0.2, 0.25) is 0 Å². The van der Waals surface area contributed by atoms with E-state index in [1.165, 1.54) is 0 Å². The third-order valence-electron chi connectivity index (χ3n) is 4.42. The van der Waals surface area contributed by atoms with Crippen LogP contribution in [0.15, 0.2) is 90.1 Å². The number of hydrogen-bond acceptors (Lipinski definition) is 4. The summed E-state index contributed by atoms with van der Waals surface area (Å²) in [5.74, 6) is 1.85. The molecular formula is C25H25NO4. The van der Waals surface area contributed by atoms with Crippen LogP contribution in [0.1, 0.15) is 16.9 Å². The molecule has 0 aliphatic heterocycles. The maximum absolute atomic E-state index is 12.9. The Kier molecular flexibility index (Phi) is 7.50. The third kappa shape index (κ3) is 5.88. The van der Waals surface area contributed by atoms with Crippen LogP contribution in [-0.4, -0.2) is 24.5 Å². The van der Waals surface area contributed by atoms with E-state index in [-0.39, 0.29) is 5.91 Å². The van der Waals surface area contributed by atoms with Crippen LogP contribution in [0.25, 0.3) is 6.08 Å². The summed E-state index contributed by atoms with van der Waals surface area (Å²) < 4.78 is 16.4. The van der Waals surface area contributed by atoms with E-state index in [0.717, 1.165) is 16.9 Å². The molecule has 1 aromatic heterocycles. The van der Waals surface area contributed by atoms with Gasteiger partial charge in [-0.3, -0.25) is 4.79 Å². The fourth-order valence-corrected chi connectivity index (χ4v) is 2.93. The van der Waals surface area contributed by atoms with E-state index in [4.69, 9.17) is 13.9 Å². The highest BCUT2D eigenvalue weighted by Gasteiger charge is 2.14. The van der Waals surface area contributed by atoms with E-state index in [1.54, 1.807) is 36.5 Å². The molecule has 2 aromatic carbocycles. The summed E-state index contributed by atoms with van der Waals surface area (Å²) in [6.07, 6.45) is 6.61. The Hall–Kier alpha value is -3.73. The van der Waals surface area contributed by atoms with Gasteiger partial charge in [0.1, 0.15) is 12.4 Å². The van der Waals surface area contributed by atoms with Gasteiger partial charge >= 0.3 is 0 Å². The highest BCUT2D eigenvalue weighted by atomic mass is 16.5. The molecule has 3 aromatic rings. The SMILES string of the molecule is C=CCOc1ccc(/C=C/C(=O)N(Cc2ccccc2)Cc2ccco2)cc1OC. The van der Waals surface area contributed by atoms with Gasteiger partial charge in [-0.1, -0.05) is 49.1 Å². The van der Waals surface area contributed by atoms with Gasteiger partial charge in [-0.25, -0.2) is 0 Å². The van der Waals surface area contributed by atoms with Crippen LogP contribution in [0.3, 0.4) is 0 Å². The molecule has 30 heavy (non-hydrogen) atoms. The zero-order valence-electron chi connectivity index (χ0n) is 17.0. The van der Waals surface area contributed by atoms with Crippen LogP contribution < -0.4 is 9.47 Å². The van der Waals surface area contributed by atoms with Crippen molar-refractivity contribution < 1.29 is 18.7 Å². The van der Waals surface area contributed by atoms with Gasteiger partial charge in [0, 0.05) is 12.6 Å². The molecule has 5 heteroatoms. The van der Waals surface area contributed by atoms with E-state index < -0.39 is 0 Å². The first-order chi connectivity index (χ1) is 14.7. The quantitative estimate of drug-likeness (QED) is 0.349. The lowest BCUT2D eigenvalue weighted by molar-refractivity contribution is -0.127. The second kappa shape index (κ2) is 10.7. The molecule has 0 radical (unpaired) electrons. The average Bonchev–Trinajstić information content (AvgIpc) is 3.29. The lowest BCUT2D eigenvalue weighted by atomic mass is 10.1. The van der Waals surface area contributed by atoms with E-state index in [0.29, 0.717) is 31.2 Å². The van der Waals surface area contributed by atoms with Crippen molar-refractivity contribution in [3.8, 4) is 11.5 Å². The average molecular weight is 403 g/mol. The number of amides is 1. The predicted molar refractivity (Wildman–Crippen MR) is 117 cm³/mol. The number of carbonyl (C=O) groups is 1. The van der Waals surface area contributed by atoms with Gasteiger partial charge in [0.15, 0.2) is 11.5 Å². The van der Waals surface area contributed by atoms with Crippen LogP contribution in [0, 0.1) is 0 Å². The van der Waals surface area contributed by atoms with Crippen molar-refractivity contribution in [1.29, 1.82) is 0 Å². The van der Waals surface area contributed by atoms with Crippen LogP contribution in [0.4, 0.5) is 0 Å². The van der Waals surface area contributed by atoms with Crippen molar-refractivity contribution >= 4 is 12.0 Å². The zero-order valence-corrected chi connectivity index (χ0v) is 17.0. The Balaban J connectivity index is 1.75. The molecule has 0 saturated heterocycles. The van der Waals surface area contributed by atoms with E-state index in [1.807, 2.05) is 60.7 Å². The maximum Gasteiger partial charge on any atom is 0.247 e. The van der Waals surface area contributed by atoms with Crippen LogP contribution in [0.5, 0.6) is 11.5 Å². The molecule has 0 aliphatic carbocycles. The van der Waals surface area contributed by atoms with Gasteiger partial charge in [-0.05, 0) is 41.5 Å². The summed E-state index contributed by atoms with van der Waals surface area (Å²) >= 11 is 0. The molecule has 154 valence electrons. The molecule has 0 fully saturated rings. The normalized spacial score (nSPS) is 10.7. The van der Waals surface area contributed by atoms with Gasteiger partial charge in [0.2, 0.25) is 5.91 Å². The van der Waals surface area contributed by atoms with E-state index >= 15 is 0 Å². The number of benzene rings is 2. The van der Waals surface area contributed by atoms with Gasteiger partial charge in [0.05, 0.1) is 19.9 Å². The first-order valence-electron chi connectivity index (χ1n) is 9.64. The fourth-order valence-electron chi connectivity index (χ4n) is 2.93. The predicted octanol–water partition coefficient (Wildman–Crippen LogP) is 5.10. The summed E-state index contributed by atoms with van der Waals surface area (Å²) in [7, 11) is 1.58. The number of methoxy groups -OCH3 is 1. The van der Waals surface area contributed by atoms with Gasteiger partial charge in [-0.2, -0.15) is 0 Å². The zero-order chi connectivity index (χ0) is 21.2.